The molecule has 31 heavy (non-hydrogen) atoms. The maximum absolute atomic E-state index is 13.3. The Morgan fingerprint density at radius 1 is 1.03 bits per heavy atom. The SMILES string of the molecule is CS(=O)(=O)c1ccc(Nc2ncnc3sc(Cc4ccccc4C(F)(F)F)nc23)cc1. The van der Waals surface area contributed by atoms with Crippen molar-refractivity contribution in [2.24, 2.45) is 0 Å². The lowest BCUT2D eigenvalue weighted by atomic mass is 10.0. The van der Waals surface area contributed by atoms with Crippen LogP contribution in [0.3, 0.4) is 0 Å². The molecule has 0 aliphatic carbocycles. The first-order valence-electron chi connectivity index (χ1n) is 8.94. The first-order chi connectivity index (χ1) is 14.6. The number of anilines is 2. The summed E-state index contributed by atoms with van der Waals surface area (Å²) in [5.41, 5.74) is 0.459. The molecule has 160 valence electrons. The number of halogens is 3. The Labute approximate surface area is 179 Å². The quantitative estimate of drug-likeness (QED) is 0.455. The zero-order chi connectivity index (χ0) is 22.2. The minimum atomic E-state index is -4.45. The molecule has 0 saturated carbocycles. The molecule has 0 bridgehead atoms. The summed E-state index contributed by atoms with van der Waals surface area (Å²) in [5, 5.41) is 3.53. The van der Waals surface area contributed by atoms with E-state index >= 15 is 0 Å². The van der Waals surface area contributed by atoms with E-state index in [1.54, 1.807) is 18.2 Å². The van der Waals surface area contributed by atoms with Gasteiger partial charge in [-0.2, -0.15) is 13.2 Å². The number of nitrogens with one attached hydrogen (secondary N) is 1. The lowest BCUT2D eigenvalue weighted by molar-refractivity contribution is -0.138. The van der Waals surface area contributed by atoms with Gasteiger partial charge in [-0.05, 0) is 35.9 Å². The topological polar surface area (TPSA) is 84.8 Å². The van der Waals surface area contributed by atoms with Crippen LogP contribution in [0.1, 0.15) is 16.1 Å². The predicted octanol–water partition coefficient (Wildman–Crippen LogP) is 4.84. The lowest BCUT2D eigenvalue weighted by Gasteiger charge is -2.11. The molecular formula is C20H15F3N4O2S2. The molecular weight excluding hydrogens is 449 g/mol. The van der Waals surface area contributed by atoms with E-state index in [0.29, 0.717) is 26.9 Å². The Hall–Kier alpha value is -3.05. The normalized spacial score (nSPS) is 12.3. The molecule has 0 fully saturated rings. The van der Waals surface area contributed by atoms with Crippen LogP contribution in [-0.4, -0.2) is 29.6 Å². The standard InChI is InChI=1S/C20H15F3N4O2S2/c1-31(28,29)14-8-6-13(7-9-14)26-18-17-19(25-11-24-18)30-16(27-17)10-12-4-2-3-5-15(12)20(21,22)23/h2-9,11H,10H2,1H3,(H,24,25,26). The van der Waals surface area contributed by atoms with Gasteiger partial charge in [-0.3, -0.25) is 0 Å². The number of nitrogens with zero attached hydrogens (tertiary/aromatic N) is 3. The van der Waals surface area contributed by atoms with Crippen molar-refractivity contribution in [1.82, 2.24) is 15.0 Å². The highest BCUT2D eigenvalue weighted by atomic mass is 32.2. The fourth-order valence-electron chi connectivity index (χ4n) is 3.00. The molecule has 4 rings (SSSR count). The highest BCUT2D eigenvalue weighted by Gasteiger charge is 2.33. The van der Waals surface area contributed by atoms with Crippen molar-refractivity contribution in [2.75, 3.05) is 11.6 Å². The van der Waals surface area contributed by atoms with Crippen molar-refractivity contribution in [3.8, 4) is 0 Å². The maximum atomic E-state index is 13.3. The number of hydrogen-bond donors (Lipinski definition) is 1. The van der Waals surface area contributed by atoms with Gasteiger partial charge >= 0.3 is 6.18 Å². The van der Waals surface area contributed by atoms with Gasteiger partial charge in [-0.1, -0.05) is 29.5 Å². The number of aromatic nitrogens is 3. The van der Waals surface area contributed by atoms with E-state index in [0.717, 1.165) is 12.3 Å². The highest BCUT2D eigenvalue weighted by molar-refractivity contribution is 7.90. The van der Waals surface area contributed by atoms with Crippen LogP contribution in [0.15, 0.2) is 59.8 Å². The second kappa shape index (κ2) is 7.89. The molecule has 4 aromatic rings. The van der Waals surface area contributed by atoms with Crippen LogP contribution in [0.5, 0.6) is 0 Å². The van der Waals surface area contributed by atoms with Gasteiger partial charge < -0.3 is 5.32 Å². The Morgan fingerprint density at radius 3 is 2.42 bits per heavy atom. The van der Waals surface area contributed by atoms with E-state index in [1.165, 1.54) is 41.9 Å². The number of thiazole rings is 1. The molecule has 0 radical (unpaired) electrons. The number of fused-ring (bicyclic) bond motifs is 1. The first-order valence-corrected chi connectivity index (χ1v) is 11.6. The van der Waals surface area contributed by atoms with E-state index in [9.17, 15) is 21.6 Å². The zero-order valence-corrected chi connectivity index (χ0v) is 17.6. The molecule has 1 N–H and O–H groups in total. The van der Waals surface area contributed by atoms with Crippen LogP contribution in [-0.2, 0) is 22.4 Å². The number of rotatable bonds is 5. The van der Waals surface area contributed by atoms with Crippen LogP contribution in [0, 0.1) is 0 Å². The first kappa shape index (κ1) is 21.2. The number of sulfone groups is 1. The van der Waals surface area contributed by atoms with Crippen LogP contribution < -0.4 is 5.32 Å². The maximum Gasteiger partial charge on any atom is 0.416 e. The van der Waals surface area contributed by atoms with E-state index in [-0.39, 0.29) is 16.9 Å². The molecule has 6 nitrogen and oxygen atoms in total. The third-order valence-electron chi connectivity index (χ3n) is 4.45. The van der Waals surface area contributed by atoms with Gasteiger partial charge in [-0.15, -0.1) is 0 Å². The highest BCUT2D eigenvalue weighted by Crippen LogP contribution is 2.34. The molecule has 2 heterocycles. The molecule has 0 aliphatic heterocycles. The Balaban J connectivity index is 1.64. The van der Waals surface area contributed by atoms with Crippen molar-refractivity contribution in [2.45, 2.75) is 17.5 Å². The van der Waals surface area contributed by atoms with Crippen molar-refractivity contribution in [3.05, 3.63) is 71.0 Å². The van der Waals surface area contributed by atoms with E-state index in [4.69, 9.17) is 0 Å². The molecule has 0 aliphatic rings. The molecule has 0 saturated heterocycles. The molecule has 2 aromatic carbocycles. The molecule has 2 aromatic heterocycles. The molecule has 0 amide bonds. The van der Waals surface area contributed by atoms with Crippen LogP contribution in [0.4, 0.5) is 24.7 Å². The molecule has 0 unspecified atom stereocenters. The number of hydrogen-bond acceptors (Lipinski definition) is 7. The van der Waals surface area contributed by atoms with E-state index in [1.807, 2.05) is 0 Å². The third-order valence-corrected chi connectivity index (χ3v) is 6.54. The summed E-state index contributed by atoms with van der Waals surface area (Å²) < 4.78 is 63.0. The van der Waals surface area contributed by atoms with Crippen LogP contribution in [0.2, 0.25) is 0 Å². The smallest absolute Gasteiger partial charge is 0.338 e. The van der Waals surface area contributed by atoms with E-state index < -0.39 is 21.6 Å². The summed E-state index contributed by atoms with van der Waals surface area (Å²) in [6.07, 6.45) is -1.98. The summed E-state index contributed by atoms with van der Waals surface area (Å²) in [7, 11) is -3.31. The second-order valence-electron chi connectivity index (χ2n) is 6.74. The predicted molar refractivity (Wildman–Crippen MR) is 112 cm³/mol. The molecule has 0 spiro atoms. The summed E-state index contributed by atoms with van der Waals surface area (Å²) >= 11 is 1.19. The third kappa shape index (κ3) is 4.67. The number of benzene rings is 2. The minimum absolute atomic E-state index is 0.0131. The van der Waals surface area contributed by atoms with Crippen molar-refractivity contribution in [3.63, 3.8) is 0 Å². The monoisotopic (exact) mass is 464 g/mol. The van der Waals surface area contributed by atoms with Crippen LogP contribution >= 0.6 is 11.3 Å². The van der Waals surface area contributed by atoms with Gasteiger partial charge in [0.2, 0.25) is 0 Å². The summed E-state index contributed by atoms with van der Waals surface area (Å²) in [6, 6.07) is 11.5. The van der Waals surface area contributed by atoms with Gasteiger partial charge in [0, 0.05) is 18.4 Å². The summed E-state index contributed by atoms with van der Waals surface area (Å²) in [4.78, 5) is 13.5. The minimum Gasteiger partial charge on any atom is -0.338 e. The van der Waals surface area contributed by atoms with Gasteiger partial charge in [0.05, 0.1) is 10.5 Å². The zero-order valence-electron chi connectivity index (χ0n) is 16.0. The second-order valence-corrected chi connectivity index (χ2v) is 9.81. The fraction of sp³-hybridized carbons (Fsp3) is 0.150. The Bertz CT molecular complexity index is 1350. The Kier molecular flexibility index (Phi) is 5.40. The van der Waals surface area contributed by atoms with Crippen LogP contribution in [0.25, 0.3) is 10.3 Å². The number of alkyl halides is 3. The summed E-state index contributed by atoms with van der Waals surface area (Å²) in [5.74, 6) is 0.378. The van der Waals surface area contributed by atoms with Gasteiger partial charge in [0.1, 0.15) is 21.7 Å². The van der Waals surface area contributed by atoms with Gasteiger partial charge in [0.15, 0.2) is 15.7 Å². The fourth-order valence-corrected chi connectivity index (χ4v) is 4.56. The largest absolute Gasteiger partial charge is 0.416 e. The summed E-state index contributed by atoms with van der Waals surface area (Å²) in [6.45, 7) is 0. The van der Waals surface area contributed by atoms with Crippen molar-refractivity contribution in [1.29, 1.82) is 0 Å². The molecule has 11 heteroatoms. The van der Waals surface area contributed by atoms with Gasteiger partial charge in [0.25, 0.3) is 0 Å². The average molecular weight is 464 g/mol. The van der Waals surface area contributed by atoms with Gasteiger partial charge in [-0.25, -0.2) is 23.4 Å². The Morgan fingerprint density at radius 2 is 1.74 bits per heavy atom. The lowest BCUT2D eigenvalue weighted by Crippen LogP contribution is -2.09. The van der Waals surface area contributed by atoms with Crippen molar-refractivity contribution < 1.29 is 21.6 Å². The molecule has 0 atom stereocenters. The average Bonchev–Trinajstić information content (AvgIpc) is 3.11. The van der Waals surface area contributed by atoms with E-state index in [2.05, 4.69) is 20.3 Å². The van der Waals surface area contributed by atoms with Crippen molar-refractivity contribution >= 4 is 43.0 Å².